The van der Waals surface area contributed by atoms with Crippen LogP contribution in [0.1, 0.15) is 46.0 Å². The van der Waals surface area contributed by atoms with E-state index in [1.165, 1.54) is 45.2 Å². The maximum atomic E-state index is 3.56. The molecular weight excluding hydrogens is 172 g/mol. The normalized spacial score (nSPS) is 22.9. The van der Waals surface area contributed by atoms with Gasteiger partial charge < -0.3 is 10.6 Å². The van der Waals surface area contributed by atoms with Crippen molar-refractivity contribution < 1.29 is 0 Å². The first-order chi connectivity index (χ1) is 6.79. The molecule has 0 spiro atoms. The fourth-order valence-corrected chi connectivity index (χ4v) is 2.01. The number of rotatable bonds is 6. The lowest BCUT2D eigenvalue weighted by Gasteiger charge is -2.23. The van der Waals surface area contributed by atoms with E-state index in [2.05, 4.69) is 24.5 Å². The highest BCUT2D eigenvalue weighted by Gasteiger charge is 2.10. The average molecular weight is 198 g/mol. The minimum absolute atomic E-state index is 0.739. The van der Waals surface area contributed by atoms with Crippen molar-refractivity contribution in [3.05, 3.63) is 0 Å². The van der Waals surface area contributed by atoms with Crippen molar-refractivity contribution in [3.8, 4) is 0 Å². The summed E-state index contributed by atoms with van der Waals surface area (Å²) in [7, 11) is 0. The van der Waals surface area contributed by atoms with Gasteiger partial charge in [0, 0.05) is 12.6 Å². The van der Waals surface area contributed by atoms with Crippen molar-refractivity contribution in [2.24, 2.45) is 5.92 Å². The van der Waals surface area contributed by atoms with Crippen molar-refractivity contribution in [1.29, 1.82) is 0 Å². The topological polar surface area (TPSA) is 24.1 Å². The van der Waals surface area contributed by atoms with E-state index in [9.17, 15) is 0 Å². The SMILES string of the molecule is CC(C)CCCNCC1CCCCN1. The molecular formula is C12H26N2. The lowest BCUT2D eigenvalue weighted by Crippen LogP contribution is -2.41. The second-order valence-electron chi connectivity index (χ2n) is 4.89. The molecule has 0 aliphatic carbocycles. The van der Waals surface area contributed by atoms with Crippen LogP contribution in [-0.4, -0.2) is 25.7 Å². The molecule has 2 N–H and O–H groups in total. The Morgan fingerprint density at radius 3 is 2.86 bits per heavy atom. The molecule has 2 heteroatoms. The minimum atomic E-state index is 0.739. The molecule has 0 radical (unpaired) electrons. The molecule has 1 aliphatic heterocycles. The van der Waals surface area contributed by atoms with Crippen LogP contribution in [-0.2, 0) is 0 Å². The van der Waals surface area contributed by atoms with Crippen LogP contribution in [0, 0.1) is 5.92 Å². The van der Waals surface area contributed by atoms with E-state index in [0.29, 0.717) is 0 Å². The predicted molar refractivity (Wildman–Crippen MR) is 62.6 cm³/mol. The molecule has 84 valence electrons. The smallest absolute Gasteiger partial charge is 0.0192 e. The minimum Gasteiger partial charge on any atom is -0.315 e. The summed E-state index contributed by atoms with van der Waals surface area (Å²) in [5.74, 6) is 0.851. The molecule has 0 aromatic heterocycles. The Morgan fingerprint density at radius 2 is 2.21 bits per heavy atom. The van der Waals surface area contributed by atoms with E-state index in [0.717, 1.165) is 18.5 Å². The van der Waals surface area contributed by atoms with Crippen LogP contribution in [0.15, 0.2) is 0 Å². The molecule has 1 rings (SSSR count). The van der Waals surface area contributed by atoms with E-state index >= 15 is 0 Å². The van der Waals surface area contributed by atoms with Crippen molar-refractivity contribution in [1.82, 2.24) is 10.6 Å². The molecule has 1 atom stereocenters. The Morgan fingerprint density at radius 1 is 1.36 bits per heavy atom. The molecule has 0 aromatic rings. The summed E-state index contributed by atoms with van der Waals surface area (Å²) in [5.41, 5.74) is 0. The van der Waals surface area contributed by atoms with Gasteiger partial charge in [-0.2, -0.15) is 0 Å². The zero-order valence-electron chi connectivity index (χ0n) is 9.81. The van der Waals surface area contributed by atoms with Crippen molar-refractivity contribution >= 4 is 0 Å². The van der Waals surface area contributed by atoms with Crippen LogP contribution >= 0.6 is 0 Å². The summed E-state index contributed by atoms with van der Waals surface area (Å²) in [6.07, 6.45) is 6.81. The molecule has 2 nitrogen and oxygen atoms in total. The third-order valence-electron chi connectivity index (χ3n) is 2.94. The van der Waals surface area contributed by atoms with Gasteiger partial charge in [-0.1, -0.05) is 20.3 Å². The molecule has 1 saturated heterocycles. The standard InChI is InChI=1S/C12H26N2/c1-11(2)6-5-8-13-10-12-7-3-4-9-14-12/h11-14H,3-10H2,1-2H3. The second kappa shape index (κ2) is 7.24. The monoisotopic (exact) mass is 198 g/mol. The first-order valence-corrected chi connectivity index (χ1v) is 6.23. The molecule has 0 bridgehead atoms. The Hall–Kier alpha value is -0.0800. The number of nitrogens with one attached hydrogen (secondary N) is 2. The number of hydrogen-bond donors (Lipinski definition) is 2. The predicted octanol–water partition coefficient (Wildman–Crippen LogP) is 2.15. The summed E-state index contributed by atoms with van der Waals surface area (Å²) < 4.78 is 0. The maximum Gasteiger partial charge on any atom is 0.0192 e. The zero-order valence-corrected chi connectivity index (χ0v) is 9.81. The molecule has 14 heavy (non-hydrogen) atoms. The van der Waals surface area contributed by atoms with Gasteiger partial charge in [-0.05, 0) is 44.7 Å². The van der Waals surface area contributed by atoms with Crippen molar-refractivity contribution in [3.63, 3.8) is 0 Å². The van der Waals surface area contributed by atoms with Gasteiger partial charge >= 0.3 is 0 Å². The Balaban J connectivity index is 1.87. The van der Waals surface area contributed by atoms with Crippen LogP contribution in [0.25, 0.3) is 0 Å². The summed E-state index contributed by atoms with van der Waals surface area (Å²) in [5, 5.41) is 7.10. The van der Waals surface area contributed by atoms with Crippen LogP contribution in [0.4, 0.5) is 0 Å². The molecule has 1 heterocycles. The highest BCUT2D eigenvalue weighted by Crippen LogP contribution is 2.06. The van der Waals surface area contributed by atoms with E-state index in [1.54, 1.807) is 0 Å². The maximum absolute atomic E-state index is 3.56. The zero-order chi connectivity index (χ0) is 10.2. The van der Waals surface area contributed by atoms with Gasteiger partial charge in [-0.15, -0.1) is 0 Å². The van der Waals surface area contributed by atoms with Gasteiger partial charge in [0.1, 0.15) is 0 Å². The van der Waals surface area contributed by atoms with Gasteiger partial charge in [-0.3, -0.25) is 0 Å². The molecule has 0 saturated carbocycles. The fourth-order valence-electron chi connectivity index (χ4n) is 2.01. The lowest BCUT2D eigenvalue weighted by atomic mass is 10.0. The lowest BCUT2D eigenvalue weighted by molar-refractivity contribution is 0.380. The third-order valence-corrected chi connectivity index (χ3v) is 2.94. The first-order valence-electron chi connectivity index (χ1n) is 6.23. The quantitative estimate of drug-likeness (QED) is 0.639. The summed E-state index contributed by atoms with van der Waals surface area (Å²) in [6, 6.07) is 0.739. The average Bonchev–Trinajstić information content (AvgIpc) is 2.18. The summed E-state index contributed by atoms with van der Waals surface area (Å²) in [6.45, 7) is 8.16. The second-order valence-corrected chi connectivity index (χ2v) is 4.89. The third kappa shape index (κ3) is 5.61. The van der Waals surface area contributed by atoms with Crippen molar-refractivity contribution in [2.75, 3.05) is 19.6 Å². The van der Waals surface area contributed by atoms with Crippen LogP contribution < -0.4 is 10.6 Å². The van der Waals surface area contributed by atoms with Gasteiger partial charge in [0.05, 0.1) is 0 Å². The number of piperidine rings is 1. The fraction of sp³-hybridized carbons (Fsp3) is 1.00. The van der Waals surface area contributed by atoms with E-state index < -0.39 is 0 Å². The molecule has 1 aliphatic rings. The van der Waals surface area contributed by atoms with Gasteiger partial charge in [0.15, 0.2) is 0 Å². The van der Waals surface area contributed by atoms with Gasteiger partial charge in [-0.25, -0.2) is 0 Å². The molecule has 0 aromatic carbocycles. The van der Waals surface area contributed by atoms with Gasteiger partial charge in [0.2, 0.25) is 0 Å². The Bertz CT molecular complexity index is 128. The largest absolute Gasteiger partial charge is 0.315 e. The Kier molecular flexibility index (Phi) is 6.20. The van der Waals surface area contributed by atoms with Gasteiger partial charge in [0.25, 0.3) is 0 Å². The highest BCUT2D eigenvalue weighted by molar-refractivity contribution is 4.73. The first kappa shape index (κ1) is 12.0. The van der Waals surface area contributed by atoms with Crippen molar-refractivity contribution in [2.45, 2.75) is 52.0 Å². The number of hydrogen-bond acceptors (Lipinski definition) is 2. The molecule has 1 unspecified atom stereocenters. The van der Waals surface area contributed by atoms with E-state index in [4.69, 9.17) is 0 Å². The highest BCUT2D eigenvalue weighted by atomic mass is 15.0. The molecule has 1 fully saturated rings. The Labute approximate surface area is 88.8 Å². The molecule has 0 amide bonds. The summed E-state index contributed by atoms with van der Waals surface area (Å²) >= 11 is 0. The van der Waals surface area contributed by atoms with Crippen LogP contribution in [0.3, 0.4) is 0 Å². The summed E-state index contributed by atoms with van der Waals surface area (Å²) in [4.78, 5) is 0. The van der Waals surface area contributed by atoms with Crippen LogP contribution in [0.5, 0.6) is 0 Å². The van der Waals surface area contributed by atoms with E-state index in [-0.39, 0.29) is 0 Å². The van der Waals surface area contributed by atoms with E-state index in [1.807, 2.05) is 0 Å². The van der Waals surface area contributed by atoms with Crippen LogP contribution in [0.2, 0.25) is 0 Å².